The summed E-state index contributed by atoms with van der Waals surface area (Å²) in [6.45, 7) is 2.37. The van der Waals surface area contributed by atoms with Gasteiger partial charge in [-0.1, -0.05) is 5.16 Å². The summed E-state index contributed by atoms with van der Waals surface area (Å²) in [5.41, 5.74) is 3.52. The molecule has 0 heterocycles. The predicted molar refractivity (Wildman–Crippen MR) is 45.5 cm³/mol. The highest BCUT2D eigenvalue weighted by molar-refractivity contribution is 7.89. The maximum atomic E-state index is 11.9. The van der Waals surface area contributed by atoms with Crippen LogP contribution in [-0.4, -0.2) is 30.8 Å². The van der Waals surface area contributed by atoms with E-state index in [1.807, 2.05) is 0 Å². The molecule has 0 unspecified atom stereocenters. The zero-order chi connectivity index (χ0) is 11.6. The molecule has 14 heavy (non-hydrogen) atoms. The largest absolute Gasteiger partial charge is 0.409 e. The maximum Gasteiger partial charge on any atom is 0.350 e. The summed E-state index contributed by atoms with van der Waals surface area (Å²) in [5, 5.41) is 10.8. The number of alkyl halides is 2. The Balaban J connectivity index is 4.86. The second kappa shape index (κ2) is 4.05. The number of halogens is 2. The summed E-state index contributed by atoms with van der Waals surface area (Å²) < 4.78 is 46.8. The molecule has 0 saturated heterocycles. The fraction of sp³-hybridized carbons (Fsp3) is 0.800. The third kappa shape index (κ3) is 3.07. The van der Waals surface area contributed by atoms with Gasteiger partial charge < -0.3 is 10.9 Å². The molecule has 0 atom stereocenters. The molecular weight excluding hydrogens is 220 g/mol. The van der Waals surface area contributed by atoms with Gasteiger partial charge in [0, 0.05) is 0 Å². The second-order valence-corrected chi connectivity index (χ2v) is 4.67. The van der Waals surface area contributed by atoms with E-state index in [-0.39, 0.29) is 0 Å². The molecule has 0 aromatic heterocycles. The van der Waals surface area contributed by atoms with Crippen LogP contribution in [0.4, 0.5) is 8.78 Å². The Morgan fingerprint density at radius 3 is 2.29 bits per heavy atom. The number of hydrogen-bond donors (Lipinski definition) is 3. The maximum absolute atomic E-state index is 11.9. The Bertz CT molecular complexity index is 325. The van der Waals surface area contributed by atoms with Crippen molar-refractivity contribution < 1.29 is 22.4 Å². The molecule has 0 rings (SSSR count). The van der Waals surface area contributed by atoms with E-state index in [0.29, 0.717) is 0 Å². The molecule has 0 radical (unpaired) electrons. The van der Waals surface area contributed by atoms with Crippen LogP contribution in [0.25, 0.3) is 0 Å². The van der Waals surface area contributed by atoms with Crippen LogP contribution in [0.3, 0.4) is 0 Å². The van der Waals surface area contributed by atoms with Crippen molar-refractivity contribution in [2.45, 2.75) is 25.1 Å². The lowest BCUT2D eigenvalue weighted by Crippen LogP contribution is -2.54. The molecule has 0 aromatic carbocycles. The average Bonchev–Trinajstić information content (AvgIpc) is 2.00. The standard InChI is InChI=1S/C5H11F2N3O3S/c1-5(2,3(8)9-11)10-14(12,13)4(6)7/h4,10-11H,1-2H3,(H2,8,9). The minimum atomic E-state index is -4.77. The molecule has 0 saturated carbocycles. The van der Waals surface area contributed by atoms with E-state index < -0.39 is 27.2 Å². The Morgan fingerprint density at radius 2 is 2.00 bits per heavy atom. The summed E-state index contributed by atoms with van der Waals surface area (Å²) in [5.74, 6) is -4.07. The minimum absolute atomic E-state index is 0.512. The first-order valence-electron chi connectivity index (χ1n) is 3.42. The van der Waals surface area contributed by atoms with Crippen LogP contribution < -0.4 is 10.5 Å². The molecule has 0 aliphatic heterocycles. The van der Waals surface area contributed by atoms with Gasteiger partial charge in [0.15, 0.2) is 5.84 Å². The molecule has 6 nitrogen and oxygen atoms in total. The van der Waals surface area contributed by atoms with Crippen molar-refractivity contribution in [2.24, 2.45) is 10.9 Å². The molecule has 0 amide bonds. The first-order valence-corrected chi connectivity index (χ1v) is 4.97. The number of rotatable bonds is 4. The summed E-state index contributed by atoms with van der Waals surface area (Å²) in [4.78, 5) is 0. The molecule has 0 fully saturated rings. The van der Waals surface area contributed by atoms with Gasteiger partial charge in [-0.25, -0.2) is 8.42 Å². The van der Waals surface area contributed by atoms with E-state index in [2.05, 4.69) is 5.16 Å². The quantitative estimate of drug-likeness (QED) is 0.266. The number of hydrogen-bond acceptors (Lipinski definition) is 4. The van der Waals surface area contributed by atoms with Gasteiger partial charge in [0.2, 0.25) is 0 Å². The minimum Gasteiger partial charge on any atom is -0.409 e. The molecule has 84 valence electrons. The number of nitrogens with one attached hydrogen (secondary N) is 1. The Labute approximate surface area is 79.8 Å². The van der Waals surface area contributed by atoms with Gasteiger partial charge in [-0.2, -0.15) is 13.5 Å². The summed E-state index contributed by atoms with van der Waals surface area (Å²) >= 11 is 0. The van der Waals surface area contributed by atoms with Gasteiger partial charge in [-0.05, 0) is 13.8 Å². The van der Waals surface area contributed by atoms with Gasteiger partial charge in [0.25, 0.3) is 10.0 Å². The van der Waals surface area contributed by atoms with Crippen molar-refractivity contribution in [2.75, 3.05) is 0 Å². The lowest BCUT2D eigenvalue weighted by molar-refractivity contribution is 0.230. The molecule has 0 aliphatic carbocycles. The van der Waals surface area contributed by atoms with Crippen LogP contribution in [0, 0.1) is 0 Å². The van der Waals surface area contributed by atoms with Crippen LogP contribution in [0.15, 0.2) is 5.16 Å². The fourth-order valence-corrected chi connectivity index (χ4v) is 1.48. The summed E-state index contributed by atoms with van der Waals surface area (Å²) in [7, 11) is -4.77. The highest BCUT2D eigenvalue weighted by Gasteiger charge is 2.34. The number of oxime groups is 1. The van der Waals surface area contributed by atoms with E-state index in [1.165, 1.54) is 13.8 Å². The van der Waals surface area contributed by atoms with E-state index in [1.54, 1.807) is 4.72 Å². The van der Waals surface area contributed by atoms with Crippen LogP contribution in [0.1, 0.15) is 13.8 Å². The van der Waals surface area contributed by atoms with Crippen LogP contribution in [-0.2, 0) is 10.0 Å². The molecule has 4 N–H and O–H groups in total. The number of nitrogens with zero attached hydrogens (tertiary/aromatic N) is 1. The molecular formula is C5H11F2N3O3S. The highest BCUT2D eigenvalue weighted by atomic mass is 32.2. The van der Waals surface area contributed by atoms with Crippen LogP contribution in [0.2, 0.25) is 0 Å². The van der Waals surface area contributed by atoms with Crippen molar-refractivity contribution in [1.82, 2.24) is 4.72 Å². The van der Waals surface area contributed by atoms with Crippen molar-refractivity contribution >= 4 is 15.9 Å². The summed E-state index contributed by atoms with van der Waals surface area (Å²) in [6.07, 6.45) is 0. The lowest BCUT2D eigenvalue weighted by atomic mass is 10.1. The van der Waals surface area contributed by atoms with Gasteiger partial charge in [0.1, 0.15) is 0 Å². The zero-order valence-corrected chi connectivity index (χ0v) is 8.35. The first-order chi connectivity index (χ1) is 6.13. The molecule has 0 aliphatic rings. The van der Waals surface area contributed by atoms with Gasteiger partial charge in [-0.3, -0.25) is 0 Å². The topological polar surface area (TPSA) is 105 Å². The van der Waals surface area contributed by atoms with Crippen LogP contribution >= 0.6 is 0 Å². The third-order valence-corrected chi connectivity index (χ3v) is 2.64. The monoisotopic (exact) mass is 231 g/mol. The predicted octanol–water partition coefficient (Wildman–Crippen LogP) is -0.347. The van der Waals surface area contributed by atoms with Gasteiger partial charge in [-0.15, -0.1) is 0 Å². The van der Waals surface area contributed by atoms with Crippen LogP contribution in [0.5, 0.6) is 0 Å². The fourth-order valence-electron chi connectivity index (χ4n) is 0.577. The number of sulfonamides is 1. The second-order valence-electron chi connectivity index (χ2n) is 3.02. The van der Waals surface area contributed by atoms with Crippen molar-refractivity contribution in [3.63, 3.8) is 0 Å². The average molecular weight is 231 g/mol. The molecule has 0 spiro atoms. The SMILES string of the molecule is CC(C)(NS(=O)(=O)C(F)F)/C(N)=N/O. The van der Waals surface area contributed by atoms with Crippen molar-refractivity contribution in [1.29, 1.82) is 0 Å². The Hall–Kier alpha value is -0.960. The Morgan fingerprint density at radius 1 is 1.57 bits per heavy atom. The number of amidine groups is 1. The molecule has 9 heteroatoms. The van der Waals surface area contributed by atoms with Crippen molar-refractivity contribution in [3.05, 3.63) is 0 Å². The molecule has 0 bridgehead atoms. The third-order valence-electron chi connectivity index (χ3n) is 1.38. The van der Waals surface area contributed by atoms with E-state index in [0.717, 1.165) is 0 Å². The lowest BCUT2D eigenvalue weighted by Gasteiger charge is -2.23. The first kappa shape index (κ1) is 13.0. The van der Waals surface area contributed by atoms with E-state index >= 15 is 0 Å². The Kier molecular flexibility index (Phi) is 3.77. The normalized spacial score (nSPS) is 14.8. The smallest absolute Gasteiger partial charge is 0.350 e. The van der Waals surface area contributed by atoms with E-state index in [9.17, 15) is 17.2 Å². The van der Waals surface area contributed by atoms with Gasteiger partial charge in [0.05, 0.1) is 5.54 Å². The zero-order valence-electron chi connectivity index (χ0n) is 7.53. The van der Waals surface area contributed by atoms with E-state index in [4.69, 9.17) is 10.9 Å². The molecule has 0 aromatic rings. The van der Waals surface area contributed by atoms with Crippen molar-refractivity contribution in [3.8, 4) is 0 Å². The highest BCUT2D eigenvalue weighted by Crippen LogP contribution is 2.09. The van der Waals surface area contributed by atoms with Gasteiger partial charge >= 0.3 is 5.76 Å². The number of nitrogens with two attached hydrogens (primary N) is 1. The summed E-state index contributed by atoms with van der Waals surface area (Å²) in [6, 6.07) is 0.